The van der Waals surface area contributed by atoms with Crippen LogP contribution in [0.25, 0.3) is 110 Å². The SMILES string of the molecule is Cc1ccc(-c2c3ccccc3c(-c3cccc4c3oc3cccc(-c5c6ccccc6c(-c6ccc(C)o6)c6ccccc56)c34)c3ccccc23)o1. The van der Waals surface area contributed by atoms with Crippen LogP contribution < -0.4 is 0 Å². The van der Waals surface area contributed by atoms with Crippen LogP contribution in [0.15, 0.2) is 171 Å². The summed E-state index contributed by atoms with van der Waals surface area (Å²) >= 11 is 0. The Morgan fingerprint density at radius 2 is 0.679 bits per heavy atom. The van der Waals surface area contributed by atoms with Crippen molar-refractivity contribution in [3.05, 3.63) is 169 Å². The summed E-state index contributed by atoms with van der Waals surface area (Å²) in [6.45, 7) is 4.00. The normalized spacial score (nSPS) is 12.0. The van der Waals surface area contributed by atoms with Crippen LogP contribution in [-0.2, 0) is 0 Å². The van der Waals surface area contributed by atoms with Gasteiger partial charge in [0.25, 0.3) is 0 Å². The summed E-state index contributed by atoms with van der Waals surface area (Å²) in [5.41, 5.74) is 8.52. The Balaban J connectivity index is 1.24. The zero-order valence-electron chi connectivity index (χ0n) is 29.2. The molecule has 0 saturated carbocycles. The molecule has 0 N–H and O–H groups in total. The van der Waals surface area contributed by atoms with Gasteiger partial charge in [-0.2, -0.15) is 0 Å². The second-order valence-corrected chi connectivity index (χ2v) is 14.0. The van der Waals surface area contributed by atoms with Gasteiger partial charge < -0.3 is 13.3 Å². The maximum absolute atomic E-state index is 7.00. The van der Waals surface area contributed by atoms with Crippen LogP contribution >= 0.6 is 0 Å². The molecular formula is C50H32O3. The first kappa shape index (κ1) is 29.8. The highest BCUT2D eigenvalue weighted by Crippen LogP contribution is 2.50. The molecule has 0 unspecified atom stereocenters. The monoisotopic (exact) mass is 680 g/mol. The summed E-state index contributed by atoms with van der Waals surface area (Å²) in [7, 11) is 0. The minimum absolute atomic E-state index is 0.861. The highest BCUT2D eigenvalue weighted by molar-refractivity contribution is 6.28. The minimum atomic E-state index is 0.861. The lowest BCUT2D eigenvalue weighted by Gasteiger charge is -2.17. The highest BCUT2D eigenvalue weighted by atomic mass is 16.3. The number of furan rings is 3. The zero-order valence-corrected chi connectivity index (χ0v) is 29.2. The molecule has 3 aromatic heterocycles. The molecule has 53 heavy (non-hydrogen) atoms. The van der Waals surface area contributed by atoms with Crippen molar-refractivity contribution < 1.29 is 13.3 Å². The van der Waals surface area contributed by atoms with Crippen molar-refractivity contribution >= 4 is 65.0 Å². The standard InChI is InChI=1S/C50H32O3/c1-29-25-27-43(51-29)47-35-17-7-3-13-31(35)45(32-14-4-8-18-36(32)47)39-21-12-24-42-49(39)41-23-11-22-40(50(41)53-42)46-33-15-5-9-19-37(33)48(44-28-26-30(2)52-44)38-20-10-6-16-34(38)46/h3-28H,1-2H3. The Morgan fingerprint density at radius 3 is 1.11 bits per heavy atom. The molecule has 3 nitrogen and oxygen atoms in total. The molecule has 11 rings (SSSR count). The second kappa shape index (κ2) is 11.3. The van der Waals surface area contributed by atoms with Gasteiger partial charge in [0.05, 0.1) is 0 Å². The van der Waals surface area contributed by atoms with E-state index in [4.69, 9.17) is 13.3 Å². The number of fused-ring (bicyclic) bond motifs is 7. The summed E-state index contributed by atoms with van der Waals surface area (Å²) in [5.74, 6) is 3.55. The van der Waals surface area contributed by atoms with Gasteiger partial charge >= 0.3 is 0 Å². The minimum Gasteiger partial charge on any atom is -0.461 e. The molecule has 250 valence electrons. The molecule has 0 spiro atoms. The van der Waals surface area contributed by atoms with Gasteiger partial charge in [0.15, 0.2) is 0 Å². The van der Waals surface area contributed by atoms with E-state index in [0.29, 0.717) is 0 Å². The lowest BCUT2D eigenvalue weighted by Crippen LogP contribution is -1.91. The largest absolute Gasteiger partial charge is 0.461 e. The van der Waals surface area contributed by atoms with Gasteiger partial charge in [0.2, 0.25) is 0 Å². The van der Waals surface area contributed by atoms with E-state index in [1.807, 2.05) is 26.0 Å². The van der Waals surface area contributed by atoms with Crippen LogP contribution in [0, 0.1) is 13.8 Å². The quantitative estimate of drug-likeness (QED) is 0.174. The van der Waals surface area contributed by atoms with Gasteiger partial charge in [-0.1, -0.05) is 127 Å². The first-order valence-electron chi connectivity index (χ1n) is 18.1. The number of para-hydroxylation sites is 1. The molecule has 3 heteroatoms. The van der Waals surface area contributed by atoms with E-state index < -0.39 is 0 Å². The van der Waals surface area contributed by atoms with Crippen LogP contribution in [0.1, 0.15) is 11.5 Å². The third-order valence-corrected chi connectivity index (χ3v) is 10.9. The van der Waals surface area contributed by atoms with Crippen molar-refractivity contribution in [3.8, 4) is 44.9 Å². The third-order valence-electron chi connectivity index (χ3n) is 10.9. The third kappa shape index (κ3) is 4.34. The highest BCUT2D eigenvalue weighted by Gasteiger charge is 2.24. The van der Waals surface area contributed by atoms with Crippen molar-refractivity contribution in [3.63, 3.8) is 0 Å². The van der Waals surface area contributed by atoms with Crippen LogP contribution in [0.3, 0.4) is 0 Å². The summed E-state index contributed by atoms with van der Waals surface area (Å²) < 4.78 is 19.5. The maximum Gasteiger partial charge on any atom is 0.143 e. The molecule has 0 atom stereocenters. The first-order chi connectivity index (χ1) is 26.1. The van der Waals surface area contributed by atoms with E-state index in [1.165, 1.54) is 16.3 Å². The van der Waals surface area contributed by atoms with E-state index in [-0.39, 0.29) is 0 Å². The number of hydrogen-bond donors (Lipinski definition) is 0. The number of rotatable bonds is 4. The molecule has 0 aliphatic carbocycles. The van der Waals surface area contributed by atoms with E-state index in [1.54, 1.807) is 0 Å². The van der Waals surface area contributed by atoms with Gasteiger partial charge in [-0.15, -0.1) is 0 Å². The van der Waals surface area contributed by atoms with Gasteiger partial charge in [-0.05, 0) is 98.4 Å². The van der Waals surface area contributed by atoms with Crippen LogP contribution in [-0.4, -0.2) is 0 Å². The Hall–Kier alpha value is -6.84. The average Bonchev–Trinajstić information content (AvgIpc) is 3.94. The number of aryl methyl sites for hydroxylation is 2. The molecule has 0 fully saturated rings. The molecule has 0 amide bonds. The average molecular weight is 681 g/mol. The first-order valence-corrected chi connectivity index (χ1v) is 18.1. The van der Waals surface area contributed by atoms with Crippen molar-refractivity contribution in [2.24, 2.45) is 0 Å². The maximum atomic E-state index is 7.00. The molecule has 0 saturated heterocycles. The molecule has 0 aliphatic heterocycles. The summed E-state index contributed by atoms with van der Waals surface area (Å²) in [6, 6.07) is 56.1. The van der Waals surface area contributed by atoms with Crippen molar-refractivity contribution in [1.29, 1.82) is 0 Å². The number of benzene rings is 8. The predicted octanol–water partition coefficient (Wildman–Crippen LogP) is 14.7. The van der Waals surface area contributed by atoms with Crippen molar-refractivity contribution in [1.82, 2.24) is 0 Å². The van der Waals surface area contributed by atoms with E-state index in [2.05, 4.69) is 146 Å². The second-order valence-electron chi connectivity index (χ2n) is 14.0. The molecule has 11 aromatic rings. The fourth-order valence-electron chi connectivity index (χ4n) is 8.76. The Bertz CT molecular complexity index is 3140. The van der Waals surface area contributed by atoms with Crippen LogP contribution in [0.2, 0.25) is 0 Å². The van der Waals surface area contributed by atoms with Crippen LogP contribution in [0.5, 0.6) is 0 Å². The summed E-state index contributed by atoms with van der Waals surface area (Å²) in [4.78, 5) is 0. The fraction of sp³-hybridized carbons (Fsp3) is 0.0400. The molecule has 0 radical (unpaired) electrons. The molecule has 0 aliphatic rings. The molecule has 8 aromatic carbocycles. The zero-order chi connectivity index (χ0) is 35.2. The van der Waals surface area contributed by atoms with Gasteiger partial charge in [-0.3, -0.25) is 0 Å². The Kier molecular flexibility index (Phi) is 6.38. The summed E-state index contributed by atoms with van der Waals surface area (Å²) in [6.07, 6.45) is 0. The Morgan fingerprint density at radius 1 is 0.302 bits per heavy atom. The van der Waals surface area contributed by atoms with E-state index >= 15 is 0 Å². The smallest absolute Gasteiger partial charge is 0.143 e. The van der Waals surface area contributed by atoms with Gasteiger partial charge in [0.1, 0.15) is 34.2 Å². The van der Waals surface area contributed by atoms with E-state index in [0.717, 1.165) is 105 Å². The van der Waals surface area contributed by atoms with Crippen molar-refractivity contribution in [2.45, 2.75) is 13.8 Å². The predicted molar refractivity (Wildman–Crippen MR) is 219 cm³/mol. The Labute approximate surface area is 305 Å². The molecule has 0 bridgehead atoms. The molecular weight excluding hydrogens is 649 g/mol. The van der Waals surface area contributed by atoms with Gasteiger partial charge in [-0.25, -0.2) is 0 Å². The summed E-state index contributed by atoms with van der Waals surface area (Å²) in [5, 5.41) is 11.5. The van der Waals surface area contributed by atoms with E-state index in [9.17, 15) is 0 Å². The fourth-order valence-corrected chi connectivity index (χ4v) is 8.76. The lowest BCUT2D eigenvalue weighted by molar-refractivity contribution is 0.549. The van der Waals surface area contributed by atoms with Crippen molar-refractivity contribution in [2.75, 3.05) is 0 Å². The lowest BCUT2D eigenvalue weighted by atomic mass is 9.85. The number of hydrogen-bond acceptors (Lipinski definition) is 3. The van der Waals surface area contributed by atoms with Gasteiger partial charge in [0, 0.05) is 33.0 Å². The molecule has 3 heterocycles. The topological polar surface area (TPSA) is 39.4 Å². The van der Waals surface area contributed by atoms with Crippen LogP contribution in [0.4, 0.5) is 0 Å².